The average molecular weight is 320 g/mol. The monoisotopic (exact) mass is 320 g/mol. The number of alkyl carbamates (subject to hydrolysis) is 1. The highest BCUT2D eigenvalue weighted by Crippen LogP contribution is 2.25. The second-order valence-electron chi connectivity index (χ2n) is 7.26. The summed E-state index contributed by atoms with van der Waals surface area (Å²) in [5.74, 6) is 1.86. The molecule has 0 saturated carbocycles. The summed E-state index contributed by atoms with van der Waals surface area (Å²) in [5, 5.41) is 2.83. The molecular weight excluding hydrogens is 292 g/mol. The molecule has 0 spiro atoms. The molecule has 2 heterocycles. The van der Waals surface area contributed by atoms with E-state index in [0.29, 0.717) is 18.4 Å². The number of amides is 1. The van der Waals surface area contributed by atoms with Crippen molar-refractivity contribution in [1.82, 2.24) is 15.3 Å². The molecule has 1 amide bonds. The van der Waals surface area contributed by atoms with Crippen LogP contribution in [0.2, 0.25) is 0 Å². The maximum atomic E-state index is 11.6. The first-order valence-corrected chi connectivity index (χ1v) is 8.32. The number of aromatic nitrogens is 2. The minimum absolute atomic E-state index is 0.350. The van der Waals surface area contributed by atoms with Gasteiger partial charge in [0.05, 0.1) is 0 Å². The number of hydrogen-bond donors (Lipinski definition) is 1. The van der Waals surface area contributed by atoms with Gasteiger partial charge in [-0.2, -0.15) is 0 Å². The van der Waals surface area contributed by atoms with E-state index in [1.165, 1.54) is 0 Å². The van der Waals surface area contributed by atoms with Gasteiger partial charge in [0, 0.05) is 37.3 Å². The zero-order chi connectivity index (χ0) is 17.0. The van der Waals surface area contributed by atoms with Gasteiger partial charge in [-0.05, 0) is 33.1 Å². The third-order valence-electron chi connectivity index (χ3n) is 4.01. The van der Waals surface area contributed by atoms with Crippen LogP contribution in [0.3, 0.4) is 0 Å². The average Bonchev–Trinajstić information content (AvgIpc) is 2.43. The minimum atomic E-state index is -0.455. The van der Waals surface area contributed by atoms with Crippen molar-refractivity contribution in [3.8, 4) is 0 Å². The first kappa shape index (κ1) is 17.5. The van der Waals surface area contributed by atoms with Crippen molar-refractivity contribution >= 4 is 11.9 Å². The van der Waals surface area contributed by atoms with E-state index in [2.05, 4.69) is 40.1 Å². The predicted molar refractivity (Wildman–Crippen MR) is 90.7 cm³/mol. The van der Waals surface area contributed by atoms with Crippen LogP contribution < -0.4 is 10.2 Å². The summed E-state index contributed by atoms with van der Waals surface area (Å²) in [6.07, 6.45) is 2.36. The quantitative estimate of drug-likeness (QED) is 0.903. The van der Waals surface area contributed by atoms with E-state index < -0.39 is 5.60 Å². The Kier molecular flexibility index (Phi) is 5.44. The van der Waals surface area contributed by atoms with E-state index in [9.17, 15) is 4.79 Å². The molecule has 0 bridgehead atoms. The molecule has 2 rings (SSSR count). The SMILES string of the molecule is CCC(C)c1cc(N2CC(CNC(=O)OC(C)(C)C)C2)ncn1. The fraction of sp³-hybridized carbons (Fsp3) is 0.706. The lowest BCUT2D eigenvalue weighted by molar-refractivity contribution is 0.0516. The summed E-state index contributed by atoms with van der Waals surface area (Å²) < 4.78 is 5.24. The molecule has 1 saturated heterocycles. The Morgan fingerprint density at radius 2 is 2.13 bits per heavy atom. The molecule has 1 aliphatic heterocycles. The van der Waals surface area contributed by atoms with Crippen LogP contribution in [-0.2, 0) is 4.74 Å². The van der Waals surface area contributed by atoms with Gasteiger partial charge in [0.25, 0.3) is 0 Å². The fourth-order valence-corrected chi connectivity index (χ4v) is 2.44. The Labute approximate surface area is 138 Å². The van der Waals surface area contributed by atoms with Crippen LogP contribution in [0.25, 0.3) is 0 Å². The summed E-state index contributed by atoms with van der Waals surface area (Å²) in [6.45, 7) is 12.4. The first-order chi connectivity index (χ1) is 10.8. The van der Waals surface area contributed by atoms with Crippen molar-refractivity contribution < 1.29 is 9.53 Å². The Hall–Kier alpha value is -1.85. The molecule has 6 nitrogen and oxygen atoms in total. The van der Waals surface area contributed by atoms with E-state index in [4.69, 9.17) is 4.74 Å². The van der Waals surface area contributed by atoms with E-state index in [1.54, 1.807) is 6.33 Å². The van der Waals surface area contributed by atoms with Crippen LogP contribution in [0.15, 0.2) is 12.4 Å². The van der Waals surface area contributed by atoms with Gasteiger partial charge in [-0.15, -0.1) is 0 Å². The molecule has 6 heteroatoms. The Balaban J connectivity index is 1.78. The third-order valence-corrected chi connectivity index (χ3v) is 4.01. The summed E-state index contributed by atoms with van der Waals surface area (Å²) >= 11 is 0. The standard InChI is InChI=1S/C17H28N4O2/c1-6-12(2)14-7-15(20-11-19-14)21-9-13(10-21)8-18-16(22)23-17(3,4)5/h7,11-13H,6,8-10H2,1-5H3,(H,18,22). The number of anilines is 1. The second kappa shape index (κ2) is 7.15. The Morgan fingerprint density at radius 1 is 1.43 bits per heavy atom. The molecule has 0 aliphatic carbocycles. The van der Waals surface area contributed by atoms with Gasteiger partial charge in [0.2, 0.25) is 0 Å². The molecule has 1 unspecified atom stereocenters. The topological polar surface area (TPSA) is 67.4 Å². The summed E-state index contributed by atoms with van der Waals surface area (Å²) in [7, 11) is 0. The van der Waals surface area contributed by atoms with Crippen molar-refractivity contribution in [1.29, 1.82) is 0 Å². The summed E-state index contributed by atoms with van der Waals surface area (Å²) in [4.78, 5) is 22.6. The van der Waals surface area contributed by atoms with Crippen LogP contribution in [0.5, 0.6) is 0 Å². The normalized spacial score (nSPS) is 16.7. The molecule has 1 aliphatic rings. The van der Waals surface area contributed by atoms with Crippen molar-refractivity contribution in [3.05, 3.63) is 18.1 Å². The largest absolute Gasteiger partial charge is 0.444 e. The Morgan fingerprint density at radius 3 is 2.74 bits per heavy atom. The third kappa shape index (κ3) is 5.08. The van der Waals surface area contributed by atoms with Crippen LogP contribution in [0, 0.1) is 5.92 Å². The van der Waals surface area contributed by atoms with Gasteiger partial charge in [-0.1, -0.05) is 13.8 Å². The van der Waals surface area contributed by atoms with Gasteiger partial charge in [0.1, 0.15) is 17.7 Å². The molecule has 128 valence electrons. The molecular formula is C17H28N4O2. The van der Waals surface area contributed by atoms with Crippen LogP contribution in [-0.4, -0.2) is 41.3 Å². The predicted octanol–water partition coefficient (Wildman–Crippen LogP) is 2.95. The smallest absolute Gasteiger partial charge is 0.407 e. The lowest BCUT2D eigenvalue weighted by atomic mass is 9.99. The number of rotatable bonds is 5. The van der Waals surface area contributed by atoms with E-state index >= 15 is 0 Å². The van der Waals surface area contributed by atoms with Crippen molar-refractivity contribution in [3.63, 3.8) is 0 Å². The highest BCUT2D eigenvalue weighted by molar-refractivity contribution is 5.67. The Bertz CT molecular complexity index is 536. The molecule has 1 aromatic heterocycles. The van der Waals surface area contributed by atoms with Gasteiger partial charge in [-0.3, -0.25) is 0 Å². The number of carbonyl (C=O) groups is 1. The minimum Gasteiger partial charge on any atom is -0.444 e. The van der Waals surface area contributed by atoms with Gasteiger partial charge < -0.3 is 15.0 Å². The van der Waals surface area contributed by atoms with E-state index in [0.717, 1.165) is 31.0 Å². The fourth-order valence-electron chi connectivity index (χ4n) is 2.44. The van der Waals surface area contributed by atoms with Crippen LogP contribution >= 0.6 is 0 Å². The summed E-state index contributed by atoms with van der Waals surface area (Å²) in [6, 6.07) is 2.08. The number of carbonyl (C=O) groups excluding carboxylic acids is 1. The molecule has 1 fully saturated rings. The highest BCUT2D eigenvalue weighted by atomic mass is 16.6. The zero-order valence-electron chi connectivity index (χ0n) is 14.8. The number of nitrogens with one attached hydrogen (secondary N) is 1. The van der Waals surface area contributed by atoms with Crippen molar-refractivity contribution in [2.45, 2.75) is 52.6 Å². The molecule has 0 aromatic carbocycles. The van der Waals surface area contributed by atoms with Crippen LogP contribution in [0.4, 0.5) is 10.6 Å². The van der Waals surface area contributed by atoms with Crippen LogP contribution in [0.1, 0.15) is 52.7 Å². The van der Waals surface area contributed by atoms with E-state index in [1.807, 2.05) is 20.8 Å². The maximum absolute atomic E-state index is 11.6. The van der Waals surface area contributed by atoms with Gasteiger partial charge in [0.15, 0.2) is 0 Å². The number of ether oxygens (including phenoxy) is 1. The molecule has 1 atom stereocenters. The van der Waals surface area contributed by atoms with Crippen molar-refractivity contribution in [2.24, 2.45) is 5.92 Å². The molecule has 1 aromatic rings. The molecule has 0 radical (unpaired) electrons. The lowest BCUT2D eigenvalue weighted by Gasteiger charge is -2.40. The summed E-state index contributed by atoms with van der Waals surface area (Å²) in [5.41, 5.74) is 0.635. The van der Waals surface area contributed by atoms with Gasteiger partial charge >= 0.3 is 6.09 Å². The lowest BCUT2D eigenvalue weighted by Crippen LogP contribution is -2.52. The zero-order valence-corrected chi connectivity index (χ0v) is 14.8. The maximum Gasteiger partial charge on any atom is 0.407 e. The molecule has 23 heavy (non-hydrogen) atoms. The highest BCUT2D eigenvalue weighted by Gasteiger charge is 2.29. The van der Waals surface area contributed by atoms with Gasteiger partial charge in [-0.25, -0.2) is 14.8 Å². The number of hydrogen-bond acceptors (Lipinski definition) is 5. The van der Waals surface area contributed by atoms with Crippen molar-refractivity contribution in [2.75, 3.05) is 24.5 Å². The second-order valence-corrected chi connectivity index (χ2v) is 7.26. The first-order valence-electron chi connectivity index (χ1n) is 8.32. The molecule has 1 N–H and O–H groups in total. The van der Waals surface area contributed by atoms with E-state index in [-0.39, 0.29) is 6.09 Å². The number of nitrogens with zero attached hydrogens (tertiary/aromatic N) is 3.